The van der Waals surface area contributed by atoms with Gasteiger partial charge in [-0.15, -0.1) is 0 Å². The van der Waals surface area contributed by atoms with Crippen LogP contribution in [0, 0.1) is 11.3 Å². The molecule has 0 spiro atoms. The lowest BCUT2D eigenvalue weighted by Crippen LogP contribution is -2.55. The third-order valence-electron chi connectivity index (χ3n) is 3.71. The Balaban J connectivity index is 2.76. The van der Waals surface area contributed by atoms with Crippen LogP contribution in [0.1, 0.15) is 34.1 Å². The molecule has 0 aromatic heterocycles. The van der Waals surface area contributed by atoms with Gasteiger partial charge >= 0.3 is 12.0 Å². The molecule has 19 heavy (non-hydrogen) atoms. The fourth-order valence-corrected chi connectivity index (χ4v) is 2.39. The highest BCUT2D eigenvalue weighted by molar-refractivity contribution is 5.83. The Morgan fingerprint density at radius 3 is 2.42 bits per heavy atom. The normalized spacial score (nSPS) is 25.2. The third kappa shape index (κ3) is 3.59. The number of carboxylic acid groups (broad SMARTS) is 1. The van der Waals surface area contributed by atoms with E-state index in [-0.39, 0.29) is 18.6 Å². The van der Waals surface area contributed by atoms with Gasteiger partial charge in [0.05, 0.1) is 12.6 Å². The van der Waals surface area contributed by atoms with Crippen molar-refractivity contribution in [2.75, 3.05) is 13.2 Å². The Hall–Kier alpha value is -1.30. The number of aliphatic hydroxyl groups is 1. The van der Waals surface area contributed by atoms with E-state index in [1.807, 2.05) is 6.92 Å². The molecule has 1 aliphatic rings. The SMILES string of the molecule is CC1CCN(C(=O)N[C@@H](C(=O)O)C(C)(C)C)C1CO. The highest BCUT2D eigenvalue weighted by atomic mass is 16.4. The van der Waals surface area contributed by atoms with Gasteiger partial charge in [-0.3, -0.25) is 0 Å². The number of nitrogens with zero attached hydrogens (tertiary/aromatic N) is 1. The standard InChI is InChI=1S/C13H24N2O4/c1-8-5-6-15(9(8)7-16)12(19)14-10(11(17)18)13(2,3)4/h8-10,16H,5-7H2,1-4H3,(H,14,19)(H,17,18)/t8?,9?,10-/m0/s1. The number of carbonyl (C=O) groups is 2. The molecule has 1 aliphatic heterocycles. The number of nitrogens with one attached hydrogen (secondary N) is 1. The molecule has 1 rings (SSSR count). The maximum Gasteiger partial charge on any atom is 0.326 e. The average molecular weight is 272 g/mol. The molecule has 1 fully saturated rings. The Morgan fingerprint density at radius 2 is 2.00 bits per heavy atom. The average Bonchev–Trinajstić information content (AvgIpc) is 2.64. The first kappa shape index (κ1) is 15.8. The molecular weight excluding hydrogens is 248 g/mol. The largest absolute Gasteiger partial charge is 0.480 e. The van der Waals surface area contributed by atoms with Crippen molar-refractivity contribution in [3.05, 3.63) is 0 Å². The summed E-state index contributed by atoms with van der Waals surface area (Å²) in [5.74, 6) is -0.817. The molecule has 0 aromatic rings. The molecule has 0 aliphatic carbocycles. The summed E-state index contributed by atoms with van der Waals surface area (Å²) < 4.78 is 0. The minimum absolute atomic E-state index is 0.0954. The summed E-state index contributed by atoms with van der Waals surface area (Å²) in [6.07, 6.45) is 0.825. The van der Waals surface area contributed by atoms with E-state index in [1.165, 1.54) is 4.90 Å². The second kappa shape index (κ2) is 5.77. The van der Waals surface area contributed by atoms with Crippen LogP contribution in [0.15, 0.2) is 0 Å². The minimum Gasteiger partial charge on any atom is -0.480 e. The van der Waals surface area contributed by atoms with Crippen LogP contribution >= 0.6 is 0 Å². The highest BCUT2D eigenvalue weighted by Crippen LogP contribution is 2.25. The van der Waals surface area contributed by atoms with Gasteiger partial charge in [-0.1, -0.05) is 27.7 Å². The maximum absolute atomic E-state index is 12.2. The van der Waals surface area contributed by atoms with Crippen LogP contribution in [0.4, 0.5) is 4.79 Å². The van der Waals surface area contributed by atoms with Crippen LogP contribution < -0.4 is 5.32 Å². The lowest BCUT2D eigenvalue weighted by atomic mass is 9.87. The summed E-state index contributed by atoms with van der Waals surface area (Å²) in [7, 11) is 0. The van der Waals surface area contributed by atoms with E-state index in [4.69, 9.17) is 0 Å². The molecule has 0 radical (unpaired) electrons. The quantitative estimate of drug-likeness (QED) is 0.712. The fourth-order valence-electron chi connectivity index (χ4n) is 2.39. The van der Waals surface area contributed by atoms with Gasteiger partial charge in [0.2, 0.25) is 0 Å². The highest BCUT2D eigenvalue weighted by Gasteiger charge is 2.38. The van der Waals surface area contributed by atoms with E-state index >= 15 is 0 Å². The number of rotatable bonds is 3. The van der Waals surface area contributed by atoms with Gasteiger partial charge in [0.25, 0.3) is 0 Å². The predicted octanol–water partition coefficient (Wildman–Crippen LogP) is 0.898. The van der Waals surface area contributed by atoms with Crippen LogP contribution in [0.2, 0.25) is 0 Å². The van der Waals surface area contributed by atoms with Gasteiger partial charge in [-0.2, -0.15) is 0 Å². The molecule has 6 nitrogen and oxygen atoms in total. The molecule has 6 heteroatoms. The van der Waals surface area contributed by atoms with E-state index in [2.05, 4.69) is 5.32 Å². The van der Waals surface area contributed by atoms with Crippen molar-refractivity contribution in [3.8, 4) is 0 Å². The second-order valence-electron chi connectivity index (χ2n) is 6.30. The van der Waals surface area contributed by atoms with Crippen molar-refractivity contribution in [2.45, 2.75) is 46.2 Å². The number of carboxylic acids is 1. The van der Waals surface area contributed by atoms with Crippen molar-refractivity contribution in [1.29, 1.82) is 0 Å². The van der Waals surface area contributed by atoms with Crippen LogP contribution in [-0.2, 0) is 4.79 Å². The van der Waals surface area contributed by atoms with Crippen molar-refractivity contribution in [3.63, 3.8) is 0 Å². The summed E-state index contributed by atoms with van der Waals surface area (Å²) >= 11 is 0. The summed E-state index contributed by atoms with van der Waals surface area (Å²) in [6.45, 7) is 7.73. The van der Waals surface area contributed by atoms with Gasteiger partial charge in [0.15, 0.2) is 0 Å². The Bertz CT molecular complexity index is 351. The first-order valence-electron chi connectivity index (χ1n) is 6.59. The topological polar surface area (TPSA) is 89.9 Å². The van der Waals surface area contributed by atoms with Gasteiger partial charge in [-0.05, 0) is 17.8 Å². The van der Waals surface area contributed by atoms with Crippen molar-refractivity contribution < 1.29 is 19.8 Å². The van der Waals surface area contributed by atoms with E-state index in [9.17, 15) is 19.8 Å². The molecule has 1 heterocycles. The number of aliphatic hydroxyl groups excluding tert-OH is 1. The number of hydrogen-bond acceptors (Lipinski definition) is 3. The second-order valence-corrected chi connectivity index (χ2v) is 6.30. The predicted molar refractivity (Wildman–Crippen MR) is 70.8 cm³/mol. The smallest absolute Gasteiger partial charge is 0.326 e. The van der Waals surface area contributed by atoms with Crippen LogP contribution in [0.3, 0.4) is 0 Å². The molecule has 0 aromatic carbocycles. The van der Waals surface area contributed by atoms with Gasteiger partial charge in [-0.25, -0.2) is 9.59 Å². The fraction of sp³-hybridized carbons (Fsp3) is 0.846. The first-order valence-corrected chi connectivity index (χ1v) is 6.59. The third-order valence-corrected chi connectivity index (χ3v) is 3.71. The van der Waals surface area contributed by atoms with Gasteiger partial charge in [0.1, 0.15) is 6.04 Å². The van der Waals surface area contributed by atoms with Crippen molar-refractivity contribution in [1.82, 2.24) is 10.2 Å². The maximum atomic E-state index is 12.2. The molecule has 2 amide bonds. The van der Waals surface area contributed by atoms with Crippen LogP contribution in [-0.4, -0.2) is 52.3 Å². The van der Waals surface area contributed by atoms with Crippen LogP contribution in [0.5, 0.6) is 0 Å². The zero-order valence-corrected chi connectivity index (χ0v) is 12.0. The van der Waals surface area contributed by atoms with Gasteiger partial charge < -0.3 is 20.4 Å². The molecule has 0 bridgehead atoms. The van der Waals surface area contributed by atoms with E-state index < -0.39 is 23.5 Å². The summed E-state index contributed by atoms with van der Waals surface area (Å²) in [5.41, 5.74) is -0.568. The zero-order valence-electron chi connectivity index (χ0n) is 12.0. The number of amides is 2. The van der Waals surface area contributed by atoms with E-state index in [0.29, 0.717) is 6.54 Å². The lowest BCUT2D eigenvalue weighted by molar-refractivity contribution is -0.142. The molecule has 110 valence electrons. The molecule has 3 atom stereocenters. The van der Waals surface area contributed by atoms with Crippen LogP contribution in [0.25, 0.3) is 0 Å². The number of aliphatic carboxylic acids is 1. The molecule has 0 saturated carbocycles. The molecule has 1 saturated heterocycles. The number of carbonyl (C=O) groups excluding carboxylic acids is 1. The Labute approximate surface area is 113 Å². The Morgan fingerprint density at radius 1 is 1.42 bits per heavy atom. The van der Waals surface area contributed by atoms with Gasteiger partial charge in [0, 0.05) is 6.54 Å². The summed E-state index contributed by atoms with van der Waals surface area (Å²) in [6, 6.07) is -1.59. The lowest BCUT2D eigenvalue weighted by Gasteiger charge is -2.32. The summed E-state index contributed by atoms with van der Waals surface area (Å²) in [4.78, 5) is 24.9. The monoisotopic (exact) mass is 272 g/mol. The zero-order chi connectivity index (χ0) is 14.8. The first-order chi connectivity index (χ1) is 8.68. The Kier molecular flexibility index (Phi) is 4.79. The van der Waals surface area contributed by atoms with E-state index in [1.54, 1.807) is 20.8 Å². The molecule has 3 N–H and O–H groups in total. The molecule has 2 unspecified atom stereocenters. The van der Waals surface area contributed by atoms with Crippen molar-refractivity contribution in [2.24, 2.45) is 11.3 Å². The minimum atomic E-state index is -1.05. The number of urea groups is 1. The van der Waals surface area contributed by atoms with E-state index in [0.717, 1.165) is 6.42 Å². The number of hydrogen-bond donors (Lipinski definition) is 3. The molecular formula is C13H24N2O4. The number of likely N-dealkylation sites (tertiary alicyclic amines) is 1. The summed E-state index contributed by atoms with van der Waals surface area (Å²) in [5, 5.41) is 21.1. The van der Waals surface area contributed by atoms with Crippen molar-refractivity contribution >= 4 is 12.0 Å².